The Morgan fingerprint density at radius 2 is 1.38 bits per heavy atom. The SMILES string of the molecule is Clc1cccc2oc3cc4oc5ccccc5c4cc3c12. The van der Waals surface area contributed by atoms with E-state index >= 15 is 0 Å². The summed E-state index contributed by atoms with van der Waals surface area (Å²) < 4.78 is 11.8. The summed E-state index contributed by atoms with van der Waals surface area (Å²) in [4.78, 5) is 0. The molecule has 5 rings (SSSR count). The Kier molecular flexibility index (Phi) is 2.04. The number of fused-ring (bicyclic) bond motifs is 6. The highest BCUT2D eigenvalue weighted by Crippen LogP contribution is 2.38. The third-order valence-corrected chi connectivity index (χ3v) is 4.26. The summed E-state index contributed by atoms with van der Waals surface area (Å²) in [6, 6.07) is 17.8. The molecule has 2 aromatic heterocycles. The van der Waals surface area contributed by atoms with Crippen molar-refractivity contribution in [2.45, 2.75) is 0 Å². The van der Waals surface area contributed by atoms with Gasteiger partial charge in [0.05, 0.1) is 5.02 Å². The van der Waals surface area contributed by atoms with Crippen LogP contribution in [0.15, 0.2) is 63.4 Å². The van der Waals surface area contributed by atoms with Crippen molar-refractivity contribution in [3.63, 3.8) is 0 Å². The summed E-state index contributed by atoms with van der Waals surface area (Å²) in [7, 11) is 0. The predicted molar refractivity (Wildman–Crippen MR) is 86.0 cm³/mol. The van der Waals surface area contributed by atoms with E-state index in [-0.39, 0.29) is 0 Å². The molecule has 0 saturated heterocycles. The molecule has 21 heavy (non-hydrogen) atoms. The maximum absolute atomic E-state index is 6.34. The Balaban J connectivity index is 2.06. The molecule has 0 radical (unpaired) electrons. The third-order valence-electron chi connectivity index (χ3n) is 3.94. The molecule has 100 valence electrons. The van der Waals surface area contributed by atoms with Gasteiger partial charge in [0.1, 0.15) is 22.3 Å². The number of hydrogen-bond acceptors (Lipinski definition) is 2. The molecule has 0 aliphatic heterocycles. The number of para-hydroxylation sites is 1. The number of hydrogen-bond donors (Lipinski definition) is 0. The lowest BCUT2D eigenvalue weighted by Crippen LogP contribution is -1.70. The molecule has 0 aliphatic rings. The summed E-state index contributed by atoms with van der Waals surface area (Å²) in [6.45, 7) is 0. The maximum Gasteiger partial charge on any atom is 0.139 e. The molecule has 5 aromatic rings. The van der Waals surface area contributed by atoms with E-state index in [1.807, 2.05) is 42.5 Å². The molecule has 2 nitrogen and oxygen atoms in total. The van der Waals surface area contributed by atoms with E-state index in [0.29, 0.717) is 5.02 Å². The minimum atomic E-state index is 0.707. The van der Waals surface area contributed by atoms with Gasteiger partial charge in [-0.05, 0) is 24.3 Å². The van der Waals surface area contributed by atoms with Gasteiger partial charge in [0, 0.05) is 27.6 Å². The molecule has 2 heterocycles. The molecule has 0 bridgehead atoms. The number of furan rings is 2. The van der Waals surface area contributed by atoms with E-state index in [9.17, 15) is 0 Å². The molecular formula is C18H9ClO2. The first-order valence-corrected chi connectivity index (χ1v) is 7.11. The van der Waals surface area contributed by atoms with E-state index < -0.39 is 0 Å². The maximum atomic E-state index is 6.34. The summed E-state index contributed by atoms with van der Waals surface area (Å²) in [5.41, 5.74) is 3.31. The Morgan fingerprint density at radius 1 is 0.619 bits per heavy atom. The summed E-state index contributed by atoms with van der Waals surface area (Å²) in [5, 5.41) is 4.88. The fourth-order valence-electron chi connectivity index (χ4n) is 3.00. The van der Waals surface area contributed by atoms with Crippen molar-refractivity contribution >= 4 is 55.5 Å². The van der Waals surface area contributed by atoms with Crippen LogP contribution in [-0.4, -0.2) is 0 Å². The molecule has 0 atom stereocenters. The largest absolute Gasteiger partial charge is 0.456 e. The summed E-state index contributed by atoms with van der Waals surface area (Å²) in [6.07, 6.45) is 0. The van der Waals surface area contributed by atoms with Crippen LogP contribution < -0.4 is 0 Å². The van der Waals surface area contributed by atoms with Crippen LogP contribution in [-0.2, 0) is 0 Å². The number of halogens is 1. The normalized spacial score (nSPS) is 12.0. The van der Waals surface area contributed by atoms with Crippen LogP contribution in [0.5, 0.6) is 0 Å². The van der Waals surface area contributed by atoms with Crippen molar-refractivity contribution in [1.82, 2.24) is 0 Å². The van der Waals surface area contributed by atoms with Gasteiger partial charge < -0.3 is 8.83 Å². The molecule has 0 amide bonds. The molecule has 3 aromatic carbocycles. The Morgan fingerprint density at radius 3 is 2.33 bits per heavy atom. The average Bonchev–Trinajstić information content (AvgIpc) is 3.02. The predicted octanol–water partition coefficient (Wildman–Crippen LogP) is 6.14. The van der Waals surface area contributed by atoms with Crippen LogP contribution in [0, 0.1) is 0 Å². The highest BCUT2D eigenvalue weighted by atomic mass is 35.5. The van der Waals surface area contributed by atoms with Gasteiger partial charge in [0.2, 0.25) is 0 Å². The third kappa shape index (κ3) is 1.43. The fourth-order valence-corrected chi connectivity index (χ4v) is 3.27. The highest BCUT2D eigenvalue weighted by Gasteiger charge is 2.14. The molecule has 0 saturated carbocycles. The lowest BCUT2D eigenvalue weighted by molar-refractivity contribution is 0.656. The Hall–Kier alpha value is -2.45. The van der Waals surface area contributed by atoms with Gasteiger partial charge in [0.25, 0.3) is 0 Å². The number of rotatable bonds is 0. The molecular weight excluding hydrogens is 284 g/mol. The molecule has 0 spiro atoms. The van der Waals surface area contributed by atoms with Crippen molar-refractivity contribution in [3.05, 3.63) is 59.6 Å². The quantitative estimate of drug-likeness (QED) is 0.343. The topological polar surface area (TPSA) is 26.3 Å². The Bertz CT molecular complexity index is 1150. The summed E-state index contributed by atoms with van der Waals surface area (Å²) >= 11 is 6.34. The van der Waals surface area contributed by atoms with Gasteiger partial charge >= 0.3 is 0 Å². The van der Waals surface area contributed by atoms with E-state index in [4.69, 9.17) is 20.4 Å². The lowest BCUT2D eigenvalue weighted by Gasteiger charge is -1.93. The van der Waals surface area contributed by atoms with Gasteiger partial charge in [0.15, 0.2) is 0 Å². The van der Waals surface area contributed by atoms with Crippen LogP contribution in [0.2, 0.25) is 5.02 Å². The van der Waals surface area contributed by atoms with Crippen molar-refractivity contribution in [2.75, 3.05) is 0 Å². The molecule has 0 aliphatic carbocycles. The van der Waals surface area contributed by atoms with E-state index in [1.54, 1.807) is 0 Å². The van der Waals surface area contributed by atoms with Crippen LogP contribution in [0.4, 0.5) is 0 Å². The van der Waals surface area contributed by atoms with Crippen molar-refractivity contribution in [1.29, 1.82) is 0 Å². The van der Waals surface area contributed by atoms with Crippen LogP contribution in [0.1, 0.15) is 0 Å². The average molecular weight is 293 g/mol. The lowest BCUT2D eigenvalue weighted by atomic mass is 10.1. The zero-order valence-corrected chi connectivity index (χ0v) is 11.6. The van der Waals surface area contributed by atoms with E-state index in [1.165, 1.54) is 0 Å². The van der Waals surface area contributed by atoms with E-state index in [0.717, 1.165) is 43.9 Å². The standard InChI is InChI=1S/C18H9ClO2/c19-13-5-3-7-15-18(13)12-8-11-10-4-1-2-6-14(10)20-16(11)9-17(12)21-15/h1-9H. The van der Waals surface area contributed by atoms with Crippen molar-refractivity contribution < 1.29 is 8.83 Å². The zero-order valence-electron chi connectivity index (χ0n) is 10.9. The minimum absolute atomic E-state index is 0.707. The van der Waals surface area contributed by atoms with E-state index in [2.05, 4.69) is 12.1 Å². The van der Waals surface area contributed by atoms with Gasteiger partial charge in [-0.15, -0.1) is 0 Å². The smallest absolute Gasteiger partial charge is 0.139 e. The first kappa shape index (κ1) is 11.2. The van der Waals surface area contributed by atoms with Crippen molar-refractivity contribution in [2.24, 2.45) is 0 Å². The molecule has 0 unspecified atom stereocenters. The van der Waals surface area contributed by atoms with Crippen LogP contribution in [0.25, 0.3) is 43.9 Å². The van der Waals surface area contributed by atoms with Gasteiger partial charge in [-0.2, -0.15) is 0 Å². The Labute approximate surface area is 124 Å². The minimum Gasteiger partial charge on any atom is -0.456 e. The highest BCUT2D eigenvalue weighted by molar-refractivity contribution is 6.38. The first-order valence-electron chi connectivity index (χ1n) is 6.73. The van der Waals surface area contributed by atoms with Gasteiger partial charge in [-0.3, -0.25) is 0 Å². The number of benzene rings is 3. The monoisotopic (exact) mass is 292 g/mol. The molecule has 3 heteroatoms. The zero-order chi connectivity index (χ0) is 14.0. The van der Waals surface area contributed by atoms with Gasteiger partial charge in [-0.25, -0.2) is 0 Å². The van der Waals surface area contributed by atoms with Gasteiger partial charge in [-0.1, -0.05) is 35.9 Å². The summed E-state index contributed by atoms with van der Waals surface area (Å²) in [5.74, 6) is 0. The molecule has 0 N–H and O–H groups in total. The van der Waals surface area contributed by atoms with Crippen molar-refractivity contribution in [3.8, 4) is 0 Å². The fraction of sp³-hybridized carbons (Fsp3) is 0. The van der Waals surface area contributed by atoms with Crippen LogP contribution >= 0.6 is 11.6 Å². The second-order valence-electron chi connectivity index (χ2n) is 5.16. The first-order chi connectivity index (χ1) is 10.3. The second-order valence-corrected chi connectivity index (χ2v) is 5.56. The van der Waals surface area contributed by atoms with Crippen LogP contribution in [0.3, 0.4) is 0 Å². The second kappa shape index (κ2) is 3.80. The molecule has 0 fully saturated rings.